The molecule has 1 aromatic rings. The molecule has 0 aromatic carbocycles. The van der Waals surface area contributed by atoms with Gasteiger partial charge in [-0.3, -0.25) is 4.98 Å². The smallest absolute Gasteiger partial charge is 0.0540 e. The van der Waals surface area contributed by atoms with Crippen LogP contribution in [0.15, 0.2) is 22.9 Å². The van der Waals surface area contributed by atoms with Crippen molar-refractivity contribution in [2.24, 2.45) is 0 Å². The minimum absolute atomic E-state index is 0.613. The van der Waals surface area contributed by atoms with Crippen LogP contribution in [0.1, 0.15) is 25.7 Å². The van der Waals surface area contributed by atoms with Crippen molar-refractivity contribution in [2.75, 3.05) is 11.6 Å². The van der Waals surface area contributed by atoms with Crippen LogP contribution in [-0.2, 0) is 0 Å². The fourth-order valence-electron chi connectivity index (χ4n) is 2.22. The van der Waals surface area contributed by atoms with Crippen molar-refractivity contribution in [3.8, 4) is 0 Å². The molecule has 1 aromatic heterocycles. The van der Waals surface area contributed by atoms with Gasteiger partial charge in [0.05, 0.1) is 11.9 Å². The molecule has 1 aliphatic carbocycles. The van der Waals surface area contributed by atoms with Gasteiger partial charge in [-0.25, -0.2) is 0 Å². The Kier molecular flexibility index (Phi) is 4.53. The topological polar surface area (TPSA) is 24.9 Å². The Morgan fingerprint density at radius 2 is 2.31 bits per heavy atom. The van der Waals surface area contributed by atoms with Crippen molar-refractivity contribution < 1.29 is 0 Å². The summed E-state index contributed by atoms with van der Waals surface area (Å²) in [5.74, 6) is 0. The number of thioether (sulfide) groups is 1. The monoisotopic (exact) mass is 300 g/mol. The van der Waals surface area contributed by atoms with E-state index in [-0.39, 0.29) is 0 Å². The van der Waals surface area contributed by atoms with Crippen molar-refractivity contribution in [3.05, 3.63) is 22.9 Å². The van der Waals surface area contributed by atoms with Crippen LogP contribution in [-0.4, -0.2) is 22.5 Å². The molecule has 0 saturated heterocycles. The summed E-state index contributed by atoms with van der Waals surface area (Å²) in [7, 11) is 0. The molecule has 1 aliphatic rings. The van der Waals surface area contributed by atoms with Gasteiger partial charge in [-0.05, 0) is 47.5 Å². The Hall–Kier alpha value is -0.220. The molecule has 0 radical (unpaired) electrons. The maximum atomic E-state index is 4.17. The fourth-order valence-corrected chi connectivity index (χ4v) is 3.41. The number of halogens is 1. The molecule has 2 unspecified atom stereocenters. The van der Waals surface area contributed by atoms with E-state index in [1.807, 2.05) is 24.2 Å². The zero-order valence-corrected chi connectivity index (χ0v) is 11.9. The van der Waals surface area contributed by atoms with Crippen molar-refractivity contribution in [2.45, 2.75) is 37.0 Å². The van der Waals surface area contributed by atoms with Gasteiger partial charge >= 0.3 is 0 Å². The standard InChI is InChI=1S/C12H17BrN2S/c1-16-12-4-2-3-10(6-12)15-11-5-9(13)7-14-8-11/h5,7-8,10,12,15H,2-4,6H2,1H3. The molecule has 2 atom stereocenters. The molecule has 0 bridgehead atoms. The highest BCUT2D eigenvalue weighted by atomic mass is 79.9. The quantitative estimate of drug-likeness (QED) is 0.915. The summed E-state index contributed by atoms with van der Waals surface area (Å²) >= 11 is 5.44. The molecule has 2 nitrogen and oxygen atoms in total. The van der Waals surface area contributed by atoms with E-state index in [1.165, 1.54) is 25.7 Å². The van der Waals surface area contributed by atoms with Gasteiger partial charge in [0, 0.05) is 22.0 Å². The fraction of sp³-hybridized carbons (Fsp3) is 0.583. The number of pyridine rings is 1. The summed E-state index contributed by atoms with van der Waals surface area (Å²) < 4.78 is 1.04. The van der Waals surface area contributed by atoms with Crippen LogP contribution in [0.25, 0.3) is 0 Å². The minimum atomic E-state index is 0.613. The molecule has 1 fully saturated rings. The number of anilines is 1. The van der Waals surface area contributed by atoms with E-state index in [1.54, 1.807) is 0 Å². The predicted molar refractivity (Wildman–Crippen MR) is 75.1 cm³/mol. The highest BCUT2D eigenvalue weighted by molar-refractivity contribution is 9.10. The van der Waals surface area contributed by atoms with E-state index in [2.05, 4.69) is 38.6 Å². The van der Waals surface area contributed by atoms with E-state index < -0.39 is 0 Å². The Balaban J connectivity index is 1.94. The third-order valence-corrected chi connectivity index (χ3v) is 4.56. The average molecular weight is 301 g/mol. The summed E-state index contributed by atoms with van der Waals surface area (Å²) in [5.41, 5.74) is 1.13. The zero-order chi connectivity index (χ0) is 11.4. The minimum Gasteiger partial charge on any atom is -0.381 e. The Morgan fingerprint density at radius 1 is 1.44 bits per heavy atom. The Morgan fingerprint density at radius 3 is 3.06 bits per heavy atom. The van der Waals surface area contributed by atoms with E-state index in [4.69, 9.17) is 0 Å². The third-order valence-electron chi connectivity index (χ3n) is 3.04. The van der Waals surface area contributed by atoms with Crippen molar-refractivity contribution >= 4 is 33.4 Å². The lowest BCUT2D eigenvalue weighted by molar-refractivity contribution is 0.473. The van der Waals surface area contributed by atoms with Crippen LogP contribution in [0.4, 0.5) is 5.69 Å². The first-order valence-electron chi connectivity index (χ1n) is 5.68. The number of nitrogens with zero attached hydrogens (tertiary/aromatic N) is 1. The SMILES string of the molecule is CSC1CCCC(Nc2cncc(Br)c2)C1. The van der Waals surface area contributed by atoms with Gasteiger partial charge in [0.25, 0.3) is 0 Å². The predicted octanol–water partition coefficient (Wildman–Crippen LogP) is 3.93. The van der Waals surface area contributed by atoms with Gasteiger partial charge < -0.3 is 5.32 Å². The normalized spacial score (nSPS) is 25.4. The number of nitrogens with one attached hydrogen (secondary N) is 1. The van der Waals surface area contributed by atoms with Crippen molar-refractivity contribution in [3.63, 3.8) is 0 Å². The molecule has 1 heterocycles. The molecule has 16 heavy (non-hydrogen) atoms. The van der Waals surface area contributed by atoms with Crippen molar-refractivity contribution in [1.29, 1.82) is 0 Å². The van der Waals surface area contributed by atoms with Crippen LogP contribution in [0.5, 0.6) is 0 Å². The zero-order valence-electron chi connectivity index (χ0n) is 9.45. The highest BCUT2D eigenvalue weighted by Crippen LogP contribution is 2.29. The van der Waals surface area contributed by atoms with Gasteiger partial charge in [-0.15, -0.1) is 0 Å². The molecule has 0 spiro atoms. The third kappa shape index (κ3) is 3.39. The van der Waals surface area contributed by atoms with Gasteiger partial charge in [0.15, 0.2) is 0 Å². The van der Waals surface area contributed by atoms with Gasteiger partial charge in [-0.1, -0.05) is 6.42 Å². The molecule has 4 heteroatoms. The second kappa shape index (κ2) is 5.92. The van der Waals surface area contributed by atoms with Crippen LogP contribution >= 0.6 is 27.7 Å². The summed E-state index contributed by atoms with van der Waals surface area (Å²) in [6.07, 6.45) is 11.2. The Bertz CT molecular complexity index is 346. The van der Waals surface area contributed by atoms with Crippen LogP contribution in [0.3, 0.4) is 0 Å². The van der Waals surface area contributed by atoms with E-state index in [9.17, 15) is 0 Å². The number of rotatable bonds is 3. The van der Waals surface area contributed by atoms with Crippen LogP contribution in [0, 0.1) is 0 Å². The average Bonchev–Trinajstić information content (AvgIpc) is 2.29. The van der Waals surface area contributed by atoms with Gasteiger partial charge in [0.2, 0.25) is 0 Å². The Labute approximate surface area is 110 Å². The summed E-state index contributed by atoms with van der Waals surface area (Å²) in [6, 6.07) is 2.71. The summed E-state index contributed by atoms with van der Waals surface area (Å²) in [6.45, 7) is 0. The molecule has 2 rings (SSSR count). The van der Waals surface area contributed by atoms with E-state index >= 15 is 0 Å². The van der Waals surface area contributed by atoms with Gasteiger partial charge in [0.1, 0.15) is 0 Å². The van der Waals surface area contributed by atoms with Crippen LogP contribution < -0.4 is 5.32 Å². The van der Waals surface area contributed by atoms with Crippen LogP contribution in [0.2, 0.25) is 0 Å². The second-order valence-electron chi connectivity index (χ2n) is 4.26. The second-order valence-corrected chi connectivity index (χ2v) is 6.31. The summed E-state index contributed by atoms with van der Waals surface area (Å²) in [5, 5.41) is 4.41. The lowest BCUT2D eigenvalue weighted by atomic mass is 9.95. The lowest BCUT2D eigenvalue weighted by Gasteiger charge is -2.29. The first kappa shape index (κ1) is 12.2. The van der Waals surface area contributed by atoms with Crippen molar-refractivity contribution in [1.82, 2.24) is 4.98 Å². The highest BCUT2D eigenvalue weighted by Gasteiger charge is 2.20. The van der Waals surface area contributed by atoms with E-state index in [0.29, 0.717) is 6.04 Å². The molecule has 1 N–H and O–H groups in total. The molecule has 1 saturated carbocycles. The maximum Gasteiger partial charge on any atom is 0.0540 e. The number of aromatic nitrogens is 1. The number of hydrogen-bond donors (Lipinski definition) is 1. The largest absolute Gasteiger partial charge is 0.381 e. The maximum absolute atomic E-state index is 4.17. The molecular formula is C12H17BrN2S. The van der Waals surface area contributed by atoms with Gasteiger partial charge in [-0.2, -0.15) is 11.8 Å². The molecule has 88 valence electrons. The first-order valence-corrected chi connectivity index (χ1v) is 7.76. The number of hydrogen-bond acceptors (Lipinski definition) is 3. The van der Waals surface area contributed by atoms with E-state index in [0.717, 1.165) is 15.4 Å². The molecule has 0 amide bonds. The summed E-state index contributed by atoms with van der Waals surface area (Å²) in [4.78, 5) is 4.17. The lowest BCUT2D eigenvalue weighted by Crippen LogP contribution is -2.28. The molecular weight excluding hydrogens is 284 g/mol. The first-order chi connectivity index (χ1) is 7.78. The molecule has 0 aliphatic heterocycles.